The van der Waals surface area contributed by atoms with E-state index in [9.17, 15) is 5.11 Å². The summed E-state index contributed by atoms with van der Waals surface area (Å²) in [6, 6.07) is 42.6. The molecule has 204 valence electrons. The monoisotopic (exact) mass is 722 g/mol. The number of benzene rings is 5. The maximum atomic E-state index is 10.9. The van der Waals surface area contributed by atoms with Gasteiger partial charge in [-0.05, 0) is 46.8 Å². The third-order valence-corrected chi connectivity index (χ3v) is 7.64. The molecule has 5 aromatic carbocycles. The molecule has 6 heteroatoms. The predicted molar refractivity (Wildman–Crippen MR) is 165 cm³/mol. The van der Waals surface area contributed by atoms with E-state index in [1.807, 2.05) is 66.9 Å². The van der Waals surface area contributed by atoms with Crippen molar-refractivity contribution in [1.82, 2.24) is 19.5 Å². The molecule has 0 spiro atoms. The van der Waals surface area contributed by atoms with Crippen LogP contribution in [0.5, 0.6) is 5.75 Å². The van der Waals surface area contributed by atoms with Crippen molar-refractivity contribution in [3.8, 4) is 45.2 Å². The molecule has 0 aliphatic carbocycles. The minimum atomic E-state index is 0. The molecule has 0 bridgehead atoms. The Labute approximate surface area is 256 Å². The van der Waals surface area contributed by atoms with E-state index in [0.717, 1.165) is 66.8 Å². The van der Waals surface area contributed by atoms with Crippen molar-refractivity contribution >= 4 is 32.8 Å². The minimum Gasteiger partial charge on any atom is -0.663 e. The molecule has 0 amide bonds. The number of fused-ring (bicyclic) bond motifs is 3. The molecule has 0 saturated heterocycles. The number of pyridine rings is 1. The summed E-state index contributed by atoms with van der Waals surface area (Å²) in [6.07, 6.45) is 1.84. The molecule has 8 aromatic rings. The Balaban J connectivity index is 0.00000288. The summed E-state index contributed by atoms with van der Waals surface area (Å²) in [4.78, 5) is 15.0. The van der Waals surface area contributed by atoms with Crippen LogP contribution in [0.2, 0.25) is 0 Å². The van der Waals surface area contributed by atoms with Crippen LogP contribution in [-0.2, 0) is 21.1 Å². The van der Waals surface area contributed by atoms with Gasteiger partial charge < -0.3 is 10.1 Å². The Morgan fingerprint density at radius 1 is 0.619 bits per heavy atom. The standard InChI is InChI=1S/C36H23N4O.Pt/c41-32-19-9-15-26-29(23-10-3-1-4-11-23)22-30(38-35(26)32)27-16-8-18-31-34(27)39-36(40(31)25-13-5-2-6-14-25)28-17-7-12-24-20-21-37-33(24)28;/h1-22H,(H-,37,38,39,41);/q-1;. The van der Waals surface area contributed by atoms with Crippen LogP contribution in [0.1, 0.15) is 0 Å². The van der Waals surface area contributed by atoms with Gasteiger partial charge in [-0.15, -0.1) is 5.52 Å². The van der Waals surface area contributed by atoms with Gasteiger partial charge in [-0.1, -0.05) is 97.1 Å². The Morgan fingerprint density at radius 3 is 2.19 bits per heavy atom. The molecular formula is C36H23N4OPt-. The summed E-state index contributed by atoms with van der Waals surface area (Å²) < 4.78 is 2.19. The van der Waals surface area contributed by atoms with Gasteiger partial charge in [-0.2, -0.15) is 6.20 Å². The summed E-state index contributed by atoms with van der Waals surface area (Å²) in [5.74, 6) is 0.966. The molecule has 0 unspecified atom stereocenters. The summed E-state index contributed by atoms with van der Waals surface area (Å²) in [6.45, 7) is 0. The Hall–Kier alpha value is -4.99. The molecule has 0 fully saturated rings. The van der Waals surface area contributed by atoms with Crippen molar-refractivity contribution < 1.29 is 26.2 Å². The van der Waals surface area contributed by atoms with Crippen molar-refractivity contribution in [2.45, 2.75) is 0 Å². The second-order valence-corrected chi connectivity index (χ2v) is 10.1. The molecule has 42 heavy (non-hydrogen) atoms. The van der Waals surface area contributed by atoms with Crippen LogP contribution >= 0.6 is 0 Å². The number of aromatic nitrogens is 4. The Bertz CT molecular complexity index is 2220. The van der Waals surface area contributed by atoms with E-state index < -0.39 is 0 Å². The largest absolute Gasteiger partial charge is 0.663 e. The number of hydrogen-bond acceptors (Lipinski definition) is 3. The third-order valence-electron chi connectivity index (χ3n) is 7.64. The van der Waals surface area contributed by atoms with Crippen molar-refractivity contribution in [2.24, 2.45) is 0 Å². The number of para-hydroxylation sites is 4. The molecule has 3 aromatic heterocycles. The van der Waals surface area contributed by atoms with Gasteiger partial charge in [0, 0.05) is 43.3 Å². The normalized spacial score (nSPS) is 11.2. The fourth-order valence-corrected chi connectivity index (χ4v) is 5.77. The van der Waals surface area contributed by atoms with Gasteiger partial charge in [-0.25, -0.2) is 9.97 Å². The first-order valence-electron chi connectivity index (χ1n) is 13.5. The first kappa shape index (κ1) is 25.9. The van der Waals surface area contributed by atoms with Crippen molar-refractivity contribution in [3.63, 3.8) is 0 Å². The van der Waals surface area contributed by atoms with Gasteiger partial charge in [0.05, 0.1) is 16.7 Å². The quantitative estimate of drug-likeness (QED) is 0.198. The van der Waals surface area contributed by atoms with E-state index >= 15 is 0 Å². The smallest absolute Gasteiger partial charge is 0.144 e. The van der Waals surface area contributed by atoms with Gasteiger partial charge >= 0.3 is 0 Å². The molecule has 0 aliphatic rings. The zero-order valence-electron chi connectivity index (χ0n) is 22.3. The third kappa shape index (κ3) is 4.13. The minimum absolute atomic E-state index is 0. The van der Waals surface area contributed by atoms with E-state index in [1.54, 1.807) is 6.07 Å². The van der Waals surface area contributed by atoms with Gasteiger partial charge in [0.25, 0.3) is 0 Å². The second-order valence-electron chi connectivity index (χ2n) is 10.1. The van der Waals surface area contributed by atoms with Crippen LogP contribution < -0.4 is 4.98 Å². The summed E-state index contributed by atoms with van der Waals surface area (Å²) >= 11 is 0. The zero-order valence-corrected chi connectivity index (χ0v) is 24.5. The van der Waals surface area contributed by atoms with Crippen molar-refractivity contribution in [1.29, 1.82) is 0 Å². The molecule has 0 atom stereocenters. The number of nitrogens with zero attached hydrogens (tertiary/aromatic N) is 4. The number of hydrogen-bond donors (Lipinski definition) is 1. The summed E-state index contributed by atoms with van der Waals surface area (Å²) in [5, 5.41) is 12.8. The summed E-state index contributed by atoms with van der Waals surface area (Å²) in [5.41, 5.74) is 8.96. The van der Waals surface area contributed by atoms with Crippen LogP contribution in [0.15, 0.2) is 134 Å². The maximum Gasteiger partial charge on any atom is 0.144 e. The molecule has 5 nitrogen and oxygen atoms in total. The number of aromatic hydroxyl groups is 1. The Morgan fingerprint density at radius 2 is 1.36 bits per heavy atom. The number of rotatable bonds is 4. The molecule has 0 saturated carbocycles. The first-order chi connectivity index (χ1) is 20.3. The van der Waals surface area contributed by atoms with Crippen LogP contribution in [-0.4, -0.2) is 19.6 Å². The number of imidazole rings is 1. The summed E-state index contributed by atoms with van der Waals surface area (Å²) in [7, 11) is 0. The van der Waals surface area contributed by atoms with Gasteiger partial charge in [0.2, 0.25) is 0 Å². The Kier molecular flexibility index (Phi) is 6.45. The molecule has 0 radical (unpaired) electrons. The van der Waals surface area contributed by atoms with E-state index in [4.69, 9.17) is 9.97 Å². The van der Waals surface area contributed by atoms with E-state index in [-0.39, 0.29) is 26.8 Å². The predicted octanol–water partition coefficient (Wildman–Crippen LogP) is 8.39. The second kappa shape index (κ2) is 10.4. The first-order valence-corrected chi connectivity index (χ1v) is 13.5. The molecule has 0 aliphatic heterocycles. The SMILES string of the molecule is Oc1cccc2c(-c3ccccc3)cc(-c3cccc4c3nc(-c3cccc5cc[n-]c35)n4-c3ccccc3)nc12.[Pt]. The van der Waals surface area contributed by atoms with E-state index in [1.165, 1.54) is 0 Å². The fraction of sp³-hybridized carbons (Fsp3) is 0. The van der Waals surface area contributed by atoms with Gasteiger partial charge in [0.15, 0.2) is 0 Å². The molecule has 1 N–H and O–H groups in total. The number of phenols is 1. The van der Waals surface area contributed by atoms with Crippen LogP contribution in [0, 0.1) is 0 Å². The fourth-order valence-electron chi connectivity index (χ4n) is 5.77. The van der Waals surface area contributed by atoms with Crippen LogP contribution in [0.4, 0.5) is 0 Å². The zero-order chi connectivity index (χ0) is 27.3. The van der Waals surface area contributed by atoms with Crippen LogP contribution in [0.3, 0.4) is 0 Å². The topological polar surface area (TPSA) is 65.0 Å². The maximum absolute atomic E-state index is 10.9. The van der Waals surface area contributed by atoms with E-state index in [2.05, 4.69) is 70.2 Å². The van der Waals surface area contributed by atoms with E-state index in [0.29, 0.717) is 5.52 Å². The molecular weight excluding hydrogens is 700 g/mol. The number of phenolic OH excluding ortho intramolecular Hbond substituents is 1. The average molecular weight is 723 g/mol. The van der Waals surface area contributed by atoms with Crippen LogP contribution in [0.25, 0.3) is 72.3 Å². The van der Waals surface area contributed by atoms with Gasteiger partial charge in [-0.3, -0.25) is 4.57 Å². The van der Waals surface area contributed by atoms with Crippen molar-refractivity contribution in [2.75, 3.05) is 0 Å². The van der Waals surface area contributed by atoms with Crippen molar-refractivity contribution in [3.05, 3.63) is 134 Å². The average Bonchev–Trinajstić information content (AvgIpc) is 3.67. The molecule has 3 heterocycles. The van der Waals surface area contributed by atoms with Gasteiger partial charge in [0.1, 0.15) is 17.1 Å². The molecule has 8 rings (SSSR count).